The van der Waals surface area contributed by atoms with Gasteiger partial charge in [-0.3, -0.25) is 4.79 Å². The van der Waals surface area contributed by atoms with Crippen LogP contribution < -0.4 is 9.47 Å². The van der Waals surface area contributed by atoms with Gasteiger partial charge in [0.25, 0.3) is 0 Å². The number of carbonyl (C=O) groups is 1. The molecular formula is C21H26O4. The molecule has 0 fully saturated rings. The molecule has 0 amide bonds. The van der Waals surface area contributed by atoms with E-state index in [0.29, 0.717) is 18.8 Å². The van der Waals surface area contributed by atoms with Crippen molar-refractivity contribution >= 4 is 5.97 Å². The normalized spacial score (nSPS) is 11.8. The van der Waals surface area contributed by atoms with E-state index in [0.717, 1.165) is 36.1 Å². The first-order chi connectivity index (χ1) is 12.2. The number of carboxylic acids is 1. The minimum Gasteiger partial charge on any atom is -0.497 e. The van der Waals surface area contributed by atoms with Gasteiger partial charge < -0.3 is 14.6 Å². The quantitative estimate of drug-likeness (QED) is 0.637. The largest absolute Gasteiger partial charge is 0.497 e. The van der Waals surface area contributed by atoms with Crippen LogP contribution in [0, 0.1) is 0 Å². The van der Waals surface area contributed by atoms with E-state index in [1.165, 1.54) is 0 Å². The van der Waals surface area contributed by atoms with Crippen LogP contribution in [0.5, 0.6) is 11.5 Å². The summed E-state index contributed by atoms with van der Waals surface area (Å²) in [7, 11) is 1.58. The summed E-state index contributed by atoms with van der Waals surface area (Å²) in [6.45, 7) is 2.81. The van der Waals surface area contributed by atoms with Crippen LogP contribution in [0.2, 0.25) is 0 Å². The lowest BCUT2D eigenvalue weighted by atomic mass is 9.91. The Hall–Kier alpha value is -2.49. The molecule has 0 saturated carbocycles. The van der Waals surface area contributed by atoms with Gasteiger partial charge in [-0.05, 0) is 42.2 Å². The maximum Gasteiger partial charge on any atom is 0.311 e. The zero-order valence-corrected chi connectivity index (χ0v) is 14.9. The van der Waals surface area contributed by atoms with Gasteiger partial charge in [-0.15, -0.1) is 0 Å². The molecule has 2 rings (SSSR count). The SMILES string of the molecule is CCCCCOc1ccccc1CC(C(=O)O)c1cccc(OC)c1. The molecule has 4 nitrogen and oxygen atoms in total. The van der Waals surface area contributed by atoms with Crippen LogP contribution in [0.4, 0.5) is 0 Å². The van der Waals surface area contributed by atoms with Crippen molar-refractivity contribution in [3.63, 3.8) is 0 Å². The average Bonchev–Trinajstić information content (AvgIpc) is 2.64. The molecular weight excluding hydrogens is 316 g/mol. The maximum absolute atomic E-state index is 11.8. The molecule has 25 heavy (non-hydrogen) atoms. The lowest BCUT2D eigenvalue weighted by Crippen LogP contribution is -2.15. The van der Waals surface area contributed by atoms with E-state index in [2.05, 4.69) is 6.92 Å². The van der Waals surface area contributed by atoms with Crippen molar-refractivity contribution in [2.45, 2.75) is 38.5 Å². The van der Waals surface area contributed by atoms with Gasteiger partial charge >= 0.3 is 5.97 Å². The van der Waals surface area contributed by atoms with E-state index < -0.39 is 11.9 Å². The van der Waals surface area contributed by atoms with Gasteiger partial charge in [-0.25, -0.2) is 0 Å². The summed E-state index contributed by atoms with van der Waals surface area (Å²) >= 11 is 0. The fraction of sp³-hybridized carbons (Fsp3) is 0.381. The van der Waals surface area contributed by atoms with Crippen molar-refractivity contribution in [3.05, 3.63) is 59.7 Å². The molecule has 1 unspecified atom stereocenters. The molecule has 0 saturated heterocycles. The second-order valence-corrected chi connectivity index (χ2v) is 6.03. The van der Waals surface area contributed by atoms with E-state index in [4.69, 9.17) is 9.47 Å². The van der Waals surface area contributed by atoms with Crippen LogP contribution in [0.15, 0.2) is 48.5 Å². The number of benzene rings is 2. The van der Waals surface area contributed by atoms with Gasteiger partial charge in [0, 0.05) is 0 Å². The van der Waals surface area contributed by atoms with Crippen LogP contribution in [0.25, 0.3) is 0 Å². The van der Waals surface area contributed by atoms with Gasteiger partial charge in [-0.1, -0.05) is 50.1 Å². The van der Waals surface area contributed by atoms with Gasteiger partial charge in [-0.2, -0.15) is 0 Å². The van der Waals surface area contributed by atoms with E-state index in [1.54, 1.807) is 13.2 Å². The first-order valence-corrected chi connectivity index (χ1v) is 8.73. The molecule has 0 aliphatic heterocycles. The molecule has 4 heteroatoms. The number of ether oxygens (including phenoxy) is 2. The lowest BCUT2D eigenvalue weighted by molar-refractivity contribution is -0.138. The third-order valence-corrected chi connectivity index (χ3v) is 4.20. The summed E-state index contributed by atoms with van der Waals surface area (Å²) in [4.78, 5) is 11.8. The third-order valence-electron chi connectivity index (χ3n) is 4.20. The fourth-order valence-corrected chi connectivity index (χ4v) is 2.77. The second kappa shape index (κ2) is 9.72. The summed E-state index contributed by atoms with van der Waals surface area (Å²) < 4.78 is 11.1. The zero-order chi connectivity index (χ0) is 18.1. The lowest BCUT2D eigenvalue weighted by Gasteiger charge is -2.17. The topological polar surface area (TPSA) is 55.8 Å². The number of hydrogen-bond donors (Lipinski definition) is 1. The summed E-state index contributed by atoms with van der Waals surface area (Å²) in [5, 5.41) is 9.71. The maximum atomic E-state index is 11.8. The predicted molar refractivity (Wildman–Crippen MR) is 98.5 cm³/mol. The number of unbranched alkanes of at least 4 members (excludes halogenated alkanes) is 2. The molecule has 0 spiro atoms. The molecule has 0 heterocycles. The number of hydrogen-bond acceptors (Lipinski definition) is 3. The van der Waals surface area contributed by atoms with E-state index in [-0.39, 0.29) is 0 Å². The Balaban J connectivity index is 2.18. The smallest absolute Gasteiger partial charge is 0.311 e. The van der Waals surface area contributed by atoms with Gasteiger partial charge in [0.05, 0.1) is 19.6 Å². The van der Waals surface area contributed by atoms with Crippen molar-refractivity contribution in [1.82, 2.24) is 0 Å². The van der Waals surface area contributed by atoms with E-state index in [1.807, 2.05) is 42.5 Å². The molecule has 0 radical (unpaired) electrons. The summed E-state index contributed by atoms with van der Waals surface area (Å²) in [5.74, 6) is -0.0647. The highest BCUT2D eigenvalue weighted by Gasteiger charge is 2.22. The molecule has 0 aliphatic rings. The molecule has 2 aromatic carbocycles. The highest BCUT2D eigenvalue weighted by Crippen LogP contribution is 2.29. The molecule has 0 aliphatic carbocycles. The second-order valence-electron chi connectivity index (χ2n) is 6.03. The standard InChI is InChI=1S/C21H26O4/c1-3-4-7-13-25-20-12-6-5-9-17(20)15-19(21(22)23)16-10-8-11-18(14-16)24-2/h5-6,8-12,14,19H,3-4,7,13,15H2,1-2H3,(H,22,23). The number of para-hydroxylation sites is 1. The van der Waals surface area contributed by atoms with Crippen molar-refractivity contribution < 1.29 is 19.4 Å². The Morgan fingerprint density at radius 1 is 1.12 bits per heavy atom. The molecule has 134 valence electrons. The van der Waals surface area contributed by atoms with Gasteiger partial charge in [0.2, 0.25) is 0 Å². The molecule has 0 aromatic heterocycles. The van der Waals surface area contributed by atoms with Crippen molar-refractivity contribution in [2.24, 2.45) is 0 Å². The van der Waals surface area contributed by atoms with E-state index in [9.17, 15) is 9.90 Å². The Morgan fingerprint density at radius 2 is 1.92 bits per heavy atom. The van der Waals surface area contributed by atoms with Crippen molar-refractivity contribution in [3.8, 4) is 11.5 Å². The average molecular weight is 342 g/mol. The zero-order valence-electron chi connectivity index (χ0n) is 14.9. The number of rotatable bonds is 10. The fourth-order valence-electron chi connectivity index (χ4n) is 2.77. The first kappa shape index (κ1) is 18.8. The molecule has 0 bridgehead atoms. The Morgan fingerprint density at radius 3 is 2.64 bits per heavy atom. The summed E-state index contributed by atoms with van der Waals surface area (Å²) in [6, 6.07) is 14.9. The van der Waals surface area contributed by atoms with Crippen LogP contribution >= 0.6 is 0 Å². The molecule has 1 N–H and O–H groups in total. The van der Waals surface area contributed by atoms with Gasteiger partial charge in [0.15, 0.2) is 0 Å². The Kier molecular flexibility index (Phi) is 7.33. The van der Waals surface area contributed by atoms with Crippen LogP contribution in [0.3, 0.4) is 0 Å². The molecule has 1 atom stereocenters. The predicted octanol–water partition coefficient (Wildman–Crippen LogP) is 4.68. The highest BCUT2D eigenvalue weighted by molar-refractivity contribution is 5.77. The van der Waals surface area contributed by atoms with Crippen LogP contribution in [0.1, 0.15) is 43.2 Å². The van der Waals surface area contributed by atoms with Crippen molar-refractivity contribution in [1.29, 1.82) is 0 Å². The highest BCUT2D eigenvalue weighted by atomic mass is 16.5. The van der Waals surface area contributed by atoms with E-state index >= 15 is 0 Å². The van der Waals surface area contributed by atoms with Crippen molar-refractivity contribution in [2.75, 3.05) is 13.7 Å². The van der Waals surface area contributed by atoms with Crippen LogP contribution in [-0.2, 0) is 11.2 Å². The Labute approximate surface area is 149 Å². The number of aliphatic carboxylic acids is 1. The summed E-state index contributed by atoms with van der Waals surface area (Å²) in [5.41, 5.74) is 1.64. The number of carboxylic acid groups (broad SMARTS) is 1. The summed E-state index contributed by atoms with van der Waals surface area (Å²) in [6.07, 6.45) is 3.65. The minimum atomic E-state index is -0.853. The molecule has 2 aromatic rings. The Bertz CT molecular complexity index is 681. The monoisotopic (exact) mass is 342 g/mol. The van der Waals surface area contributed by atoms with Gasteiger partial charge in [0.1, 0.15) is 11.5 Å². The third kappa shape index (κ3) is 5.52. The first-order valence-electron chi connectivity index (χ1n) is 8.73. The number of methoxy groups -OCH3 is 1. The minimum absolute atomic E-state index is 0.381. The van der Waals surface area contributed by atoms with Crippen LogP contribution in [-0.4, -0.2) is 24.8 Å².